The molecule has 0 aromatic rings. The van der Waals surface area contributed by atoms with Gasteiger partial charge < -0.3 is 39.2 Å². The molecule has 12 heteroatoms. The highest BCUT2D eigenvalue weighted by atomic mass is 31.2. The van der Waals surface area contributed by atoms with Crippen LogP contribution < -0.4 is 0 Å². The molecule has 0 amide bonds. The molecule has 1 heterocycles. The van der Waals surface area contributed by atoms with Crippen LogP contribution in [0.5, 0.6) is 0 Å². The lowest BCUT2D eigenvalue weighted by atomic mass is 9.92. The highest BCUT2D eigenvalue weighted by molar-refractivity contribution is 7.47. The Hall–Kier alpha value is -0.170. The van der Waals surface area contributed by atoms with Gasteiger partial charge in [0.15, 0.2) is 6.29 Å². The van der Waals surface area contributed by atoms with Crippen LogP contribution in [0.25, 0.3) is 0 Å². The van der Waals surface area contributed by atoms with Crippen LogP contribution in [-0.4, -0.2) is 97.2 Å². The molecular formula is C22H45O11P. The number of unbranched alkanes of at least 4 members (excludes halogenated alkanes) is 3. The first-order valence-corrected chi connectivity index (χ1v) is 13.7. The monoisotopic (exact) mass is 516 g/mol. The quantitative estimate of drug-likeness (QED) is 0.139. The topological polar surface area (TPSA) is 153 Å². The van der Waals surface area contributed by atoms with Gasteiger partial charge in [0.25, 0.3) is 0 Å². The Morgan fingerprint density at radius 2 is 1.44 bits per heavy atom. The van der Waals surface area contributed by atoms with Gasteiger partial charge >= 0.3 is 7.82 Å². The van der Waals surface area contributed by atoms with E-state index in [1.54, 1.807) is 6.92 Å². The Morgan fingerprint density at radius 3 is 2.06 bits per heavy atom. The van der Waals surface area contributed by atoms with Crippen molar-refractivity contribution in [1.29, 1.82) is 0 Å². The molecule has 1 saturated heterocycles. The van der Waals surface area contributed by atoms with E-state index in [0.29, 0.717) is 39.3 Å². The van der Waals surface area contributed by atoms with E-state index in [0.717, 1.165) is 25.7 Å². The van der Waals surface area contributed by atoms with Gasteiger partial charge in [-0.25, -0.2) is 4.57 Å². The number of ether oxygens (including phenoxy) is 4. The Labute approximate surface area is 203 Å². The van der Waals surface area contributed by atoms with Gasteiger partial charge in [0, 0.05) is 32.3 Å². The minimum atomic E-state index is -4.06. The maximum Gasteiger partial charge on any atom is 0.472 e. The molecule has 0 saturated carbocycles. The molecule has 0 aliphatic carbocycles. The van der Waals surface area contributed by atoms with Crippen LogP contribution in [0.2, 0.25) is 0 Å². The van der Waals surface area contributed by atoms with Gasteiger partial charge in [0.1, 0.15) is 12.2 Å². The summed E-state index contributed by atoms with van der Waals surface area (Å²) in [4.78, 5) is 9.69. The fourth-order valence-corrected chi connectivity index (χ4v) is 4.10. The lowest BCUT2D eigenvalue weighted by Gasteiger charge is -2.40. The van der Waals surface area contributed by atoms with Crippen LogP contribution in [0.15, 0.2) is 0 Å². The van der Waals surface area contributed by atoms with Crippen molar-refractivity contribution < 1.29 is 52.8 Å². The highest BCUT2D eigenvalue weighted by Crippen LogP contribution is 2.43. The van der Waals surface area contributed by atoms with Gasteiger partial charge in [0.2, 0.25) is 0 Å². The number of aliphatic hydroxyl groups excluding tert-OH is 3. The summed E-state index contributed by atoms with van der Waals surface area (Å²) in [6.45, 7) is 7.54. The second-order valence-corrected chi connectivity index (χ2v) is 10.2. The fourth-order valence-electron chi connectivity index (χ4n) is 3.31. The molecule has 1 rings (SSSR count). The first-order valence-electron chi connectivity index (χ1n) is 12.2. The van der Waals surface area contributed by atoms with Crippen molar-refractivity contribution in [3.63, 3.8) is 0 Å². The third-order valence-electron chi connectivity index (χ3n) is 5.33. The minimum Gasteiger partial charge on any atom is -0.394 e. The van der Waals surface area contributed by atoms with Crippen molar-refractivity contribution >= 4 is 7.82 Å². The third-order valence-corrected chi connectivity index (χ3v) is 6.35. The van der Waals surface area contributed by atoms with E-state index in [4.69, 9.17) is 28.0 Å². The maximum atomic E-state index is 11.9. The first kappa shape index (κ1) is 31.9. The molecule has 1 fully saturated rings. The predicted octanol–water partition coefficient (Wildman–Crippen LogP) is 1.99. The van der Waals surface area contributed by atoms with Crippen LogP contribution in [0.4, 0.5) is 0 Å². The number of phosphoric ester groups is 1. The molecule has 0 radical (unpaired) electrons. The summed E-state index contributed by atoms with van der Waals surface area (Å²) in [5.74, 6) is -0.416. The average Bonchev–Trinajstić information content (AvgIpc) is 2.79. The molecule has 0 spiro atoms. The summed E-state index contributed by atoms with van der Waals surface area (Å²) in [6.07, 6.45) is 0.706. The lowest BCUT2D eigenvalue weighted by molar-refractivity contribution is -0.282. The minimum absolute atomic E-state index is 0.0815. The molecule has 11 nitrogen and oxygen atoms in total. The zero-order chi connectivity index (χ0) is 25.4. The van der Waals surface area contributed by atoms with Gasteiger partial charge in [-0.15, -0.1) is 0 Å². The van der Waals surface area contributed by atoms with Crippen molar-refractivity contribution in [2.45, 2.75) is 90.0 Å². The summed E-state index contributed by atoms with van der Waals surface area (Å²) < 4.78 is 43.7. The Morgan fingerprint density at radius 1 is 0.853 bits per heavy atom. The first-order chi connectivity index (χ1) is 16.2. The molecule has 3 unspecified atom stereocenters. The van der Waals surface area contributed by atoms with Crippen molar-refractivity contribution in [2.75, 3.05) is 46.2 Å². The van der Waals surface area contributed by atoms with Gasteiger partial charge in [-0.2, -0.15) is 0 Å². The third kappa shape index (κ3) is 13.8. The molecule has 1 aliphatic heterocycles. The predicted molar refractivity (Wildman–Crippen MR) is 124 cm³/mol. The largest absolute Gasteiger partial charge is 0.472 e. The van der Waals surface area contributed by atoms with Gasteiger partial charge in [-0.05, 0) is 39.5 Å². The molecule has 4 N–H and O–H groups in total. The maximum absolute atomic E-state index is 11.9. The molecule has 204 valence electrons. The lowest BCUT2D eigenvalue weighted by Crippen LogP contribution is -2.55. The van der Waals surface area contributed by atoms with Crippen molar-refractivity contribution in [3.8, 4) is 0 Å². The summed E-state index contributed by atoms with van der Waals surface area (Å²) >= 11 is 0. The van der Waals surface area contributed by atoms with E-state index in [2.05, 4.69) is 0 Å². The van der Waals surface area contributed by atoms with E-state index >= 15 is 0 Å². The molecule has 0 aromatic heterocycles. The number of aliphatic hydroxyl groups is 3. The molecule has 1 aliphatic rings. The summed E-state index contributed by atoms with van der Waals surface area (Å²) in [6, 6.07) is 0. The van der Waals surface area contributed by atoms with Gasteiger partial charge in [0.05, 0.1) is 32.0 Å². The molecule has 6 atom stereocenters. The van der Waals surface area contributed by atoms with Crippen molar-refractivity contribution in [2.24, 2.45) is 5.92 Å². The SMILES string of the molecule is CC(C)OCCCOCCCOP(=O)(O)OCCCCCCO[C@@H]1OC(CO)[C@H](O)[C@H](O)C1C. The highest BCUT2D eigenvalue weighted by Gasteiger charge is 2.42. The van der Waals surface area contributed by atoms with Crippen molar-refractivity contribution in [1.82, 2.24) is 0 Å². The summed E-state index contributed by atoms with van der Waals surface area (Å²) in [7, 11) is -4.06. The Kier molecular flexibility index (Phi) is 17.0. The van der Waals surface area contributed by atoms with E-state index in [1.165, 1.54) is 0 Å². The van der Waals surface area contributed by atoms with Gasteiger partial charge in [-0.1, -0.05) is 19.8 Å². The van der Waals surface area contributed by atoms with Crippen LogP contribution in [0, 0.1) is 5.92 Å². The fraction of sp³-hybridized carbons (Fsp3) is 1.00. The number of hydrogen-bond donors (Lipinski definition) is 4. The normalized spacial score (nSPS) is 27.2. The van der Waals surface area contributed by atoms with Crippen LogP contribution in [-0.2, 0) is 32.6 Å². The van der Waals surface area contributed by atoms with E-state index < -0.39 is 44.9 Å². The zero-order valence-electron chi connectivity index (χ0n) is 20.8. The average molecular weight is 517 g/mol. The van der Waals surface area contributed by atoms with Crippen LogP contribution in [0.1, 0.15) is 59.3 Å². The Bertz CT molecular complexity index is 549. The number of hydrogen-bond acceptors (Lipinski definition) is 10. The van der Waals surface area contributed by atoms with Crippen molar-refractivity contribution in [3.05, 3.63) is 0 Å². The van der Waals surface area contributed by atoms with Gasteiger partial charge in [-0.3, -0.25) is 9.05 Å². The Balaban J connectivity index is 1.98. The number of rotatable bonds is 20. The smallest absolute Gasteiger partial charge is 0.394 e. The molecule has 0 bridgehead atoms. The van der Waals surface area contributed by atoms with Crippen LogP contribution in [0.3, 0.4) is 0 Å². The molecular weight excluding hydrogens is 471 g/mol. The molecule has 34 heavy (non-hydrogen) atoms. The molecule has 0 aromatic carbocycles. The van der Waals surface area contributed by atoms with E-state index in [1.807, 2.05) is 13.8 Å². The second-order valence-electron chi connectivity index (χ2n) is 8.72. The second kappa shape index (κ2) is 18.1. The van der Waals surface area contributed by atoms with Crippen LogP contribution >= 0.6 is 7.82 Å². The standard InChI is InChI=1S/C22H45O11P/c1-17(2)29-13-8-10-28-11-9-15-32-34(26,27)31-14-7-5-4-6-12-30-22-18(3)20(24)21(25)19(16-23)33-22/h17-25H,4-16H2,1-3H3,(H,26,27)/t18?,19?,20-,21+,22-/m1/s1. The van der Waals surface area contributed by atoms with E-state index in [-0.39, 0.29) is 19.3 Å². The summed E-state index contributed by atoms with van der Waals surface area (Å²) in [5.41, 5.74) is 0. The summed E-state index contributed by atoms with van der Waals surface area (Å²) in [5, 5.41) is 29.1. The zero-order valence-corrected chi connectivity index (χ0v) is 21.6. The van der Waals surface area contributed by atoms with E-state index in [9.17, 15) is 24.8 Å². The number of phosphoric acid groups is 1.